The first-order valence-electron chi connectivity index (χ1n) is 3.13. The quantitative estimate of drug-likeness (QED) is 0.450. The van der Waals surface area contributed by atoms with Gasteiger partial charge in [-0.2, -0.15) is 0 Å². The molecule has 2 amide bonds. The Balaban J connectivity index is 3.99. The summed E-state index contributed by atoms with van der Waals surface area (Å²) in [7, 11) is 0. The van der Waals surface area contributed by atoms with Gasteiger partial charge in [0.2, 0.25) is 17.7 Å². The van der Waals surface area contributed by atoms with Gasteiger partial charge in [0, 0.05) is 20.8 Å². The van der Waals surface area contributed by atoms with Crippen molar-refractivity contribution < 1.29 is 14.7 Å². The summed E-state index contributed by atoms with van der Waals surface area (Å²) < 4.78 is 0. The Kier molecular flexibility index (Phi) is 3.00. The predicted octanol–water partition coefficient (Wildman–Crippen LogP) is -1.08. The Morgan fingerprint density at radius 2 is 1.45 bits per heavy atom. The molecule has 0 radical (unpaired) electrons. The van der Waals surface area contributed by atoms with E-state index in [2.05, 4.69) is 10.6 Å². The third kappa shape index (κ3) is 5.35. The summed E-state index contributed by atoms with van der Waals surface area (Å²) >= 11 is 0. The zero-order valence-corrected chi connectivity index (χ0v) is 6.76. The first-order valence-corrected chi connectivity index (χ1v) is 3.13. The molecule has 0 aliphatic heterocycles. The molecule has 0 spiro atoms. The molecule has 0 saturated heterocycles. The van der Waals surface area contributed by atoms with Gasteiger partial charge in [-0.05, 0) is 0 Å². The van der Waals surface area contributed by atoms with E-state index in [-0.39, 0.29) is 0 Å². The van der Waals surface area contributed by atoms with E-state index >= 15 is 0 Å². The summed E-state index contributed by atoms with van der Waals surface area (Å²) in [5.74, 6) is -2.48. The van der Waals surface area contributed by atoms with Crippen molar-refractivity contribution in [3.05, 3.63) is 0 Å². The molecule has 0 unspecified atom stereocenters. The minimum atomic E-state index is -1.66. The van der Waals surface area contributed by atoms with Crippen molar-refractivity contribution in [3.8, 4) is 0 Å². The lowest BCUT2D eigenvalue weighted by Gasteiger charge is -2.24. The number of carbonyl (C=O) groups excluding carboxylic acids is 2. The van der Waals surface area contributed by atoms with Gasteiger partial charge in [-0.15, -0.1) is 0 Å². The van der Waals surface area contributed by atoms with Gasteiger partial charge in [0.25, 0.3) is 0 Å². The maximum absolute atomic E-state index is 10.4. The number of amides is 2. The number of hydrogen-bond donors (Lipinski definition) is 3. The largest absolute Gasteiger partial charge is 0.354 e. The van der Waals surface area contributed by atoms with Gasteiger partial charge < -0.3 is 15.7 Å². The second kappa shape index (κ2) is 3.34. The van der Waals surface area contributed by atoms with E-state index in [1.165, 1.54) is 20.8 Å². The monoisotopic (exact) mass is 160 g/mol. The molecule has 11 heavy (non-hydrogen) atoms. The molecule has 5 heteroatoms. The van der Waals surface area contributed by atoms with Gasteiger partial charge in [-0.3, -0.25) is 9.59 Å². The maximum atomic E-state index is 10.4. The van der Waals surface area contributed by atoms with Gasteiger partial charge in [-0.25, -0.2) is 0 Å². The van der Waals surface area contributed by atoms with Crippen LogP contribution in [0.3, 0.4) is 0 Å². The highest BCUT2D eigenvalue weighted by atomic mass is 16.3. The van der Waals surface area contributed by atoms with Crippen molar-refractivity contribution in [2.75, 3.05) is 0 Å². The SMILES string of the molecule is CC(=O)NC(C)(O)NC(C)=O. The second-order valence-corrected chi connectivity index (χ2v) is 2.43. The standard InChI is InChI=1S/C6H12N2O3/c1-4(9)7-6(3,11)8-5(2)10/h11H,1-3H3,(H,7,9)(H,8,10). The van der Waals surface area contributed by atoms with Crippen LogP contribution in [-0.2, 0) is 9.59 Å². The molecular weight excluding hydrogens is 148 g/mol. The Bertz CT molecular complexity index is 159. The van der Waals surface area contributed by atoms with E-state index in [1.807, 2.05) is 0 Å². The number of hydrogen-bond acceptors (Lipinski definition) is 3. The van der Waals surface area contributed by atoms with Crippen molar-refractivity contribution >= 4 is 11.8 Å². The molecule has 0 aliphatic carbocycles. The van der Waals surface area contributed by atoms with Crippen molar-refractivity contribution in [2.24, 2.45) is 0 Å². The van der Waals surface area contributed by atoms with E-state index in [1.54, 1.807) is 0 Å². The number of aliphatic hydroxyl groups is 1. The molecule has 0 rings (SSSR count). The van der Waals surface area contributed by atoms with Crippen LogP contribution < -0.4 is 10.6 Å². The van der Waals surface area contributed by atoms with Crippen LogP contribution in [0.15, 0.2) is 0 Å². The van der Waals surface area contributed by atoms with Crippen molar-refractivity contribution in [2.45, 2.75) is 26.6 Å². The molecule has 0 aliphatic rings. The van der Waals surface area contributed by atoms with Crippen LogP contribution in [0.1, 0.15) is 20.8 Å². The normalized spacial score (nSPS) is 10.5. The Morgan fingerprint density at radius 1 is 1.18 bits per heavy atom. The lowest BCUT2D eigenvalue weighted by Crippen LogP contribution is -2.57. The molecule has 3 N–H and O–H groups in total. The molecule has 0 aromatic rings. The molecule has 64 valence electrons. The molecule has 0 bridgehead atoms. The Morgan fingerprint density at radius 3 is 1.64 bits per heavy atom. The van der Waals surface area contributed by atoms with Crippen molar-refractivity contribution in [1.29, 1.82) is 0 Å². The highest BCUT2D eigenvalue weighted by Crippen LogP contribution is 1.90. The van der Waals surface area contributed by atoms with Crippen LogP contribution in [0, 0.1) is 0 Å². The fraction of sp³-hybridized carbons (Fsp3) is 0.667. The average Bonchev–Trinajstić information content (AvgIpc) is 1.53. The molecule has 0 atom stereocenters. The first-order chi connectivity index (χ1) is 4.83. The van der Waals surface area contributed by atoms with E-state index in [0.29, 0.717) is 0 Å². The number of carbonyl (C=O) groups is 2. The molecule has 5 nitrogen and oxygen atoms in total. The number of nitrogens with one attached hydrogen (secondary N) is 2. The van der Waals surface area contributed by atoms with Crippen LogP contribution in [0.2, 0.25) is 0 Å². The van der Waals surface area contributed by atoms with Gasteiger partial charge in [0.1, 0.15) is 0 Å². The zero-order valence-electron chi connectivity index (χ0n) is 6.76. The zero-order chi connectivity index (χ0) is 9.07. The Hall–Kier alpha value is -1.10. The molecule has 0 aromatic heterocycles. The van der Waals surface area contributed by atoms with E-state index < -0.39 is 17.7 Å². The van der Waals surface area contributed by atoms with Gasteiger partial charge in [0.05, 0.1) is 0 Å². The summed E-state index contributed by atoms with van der Waals surface area (Å²) in [6, 6.07) is 0. The van der Waals surface area contributed by atoms with E-state index in [4.69, 9.17) is 0 Å². The predicted molar refractivity (Wildman–Crippen MR) is 38.3 cm³/mol. The Labute approximate surface area is 64.8 Å². The van der Waals surface area contributed by atoms with E-state index in [9.17, 15) is 14.7 Å². The summed E-state index contributed by atoms with van der Waals surface area (Å²) in [6.45, 7) is 3.77. The fourth-order valence-corrected chi connectivity index (χ4v) is 0.717. The number of rotatable bonds is 2. The molecule has 0 heterocycles. The van der Waals surface area contributed by atoms with Gasteiger partial charge >= 0.3 is 0 Å². The minimum absolute atomic E-state index is 0.413. The summed E-state index contributed by atoms with van der Waals surface area (Å²) in [6.07, 6.45) is 0. The maximum Gasteiger partial charge on any atom is 0.220 e. The topological polar surface area (TPSA) is 78.4 Å². The summed E-state index contributed by atoms with van der Waals surface area (Å²) in [5, 5.41) is 13.5. The molecular formula is C6H12N2O3. The van der Waals surface area contributed by atoms with Crippen molar-refractivity contribution in [1.82, 2.24) is 10.6 Å². The third-order valence-corrected chi connectivity index (χ3v) is 0.839. The van der Waals surface area contributed by atoms with Crippen LogP contribution in [-0.4, -0.2) is 22.8 Å². The summed E-state index contributed by atoms with van der Waals surface area (Å²) in [5.41, 5.74) is 0. The molecule has 0 fully saturated rings. The van der Waals surface area contributed by atoms with Gasteiger partial charge in [0.15, 0.2) is 0 Å². The fourth-order valence-electron chi connectivity index (χ4n) is 0.717. The average molecular weight is 160 g/mol. The van der Waals surface area contributed by atoms with Crippen LogP contribution in [0.25, 0.3) is 0 Å². The molecule has 0 aromatic carbocycles. The van der Waals surface area contributed by atoms with Crippen LogP contribution in [0.4, 0.5) is 0 Å². The van der Waals surface area contributed by atoms with Crippen molar-refractivity contribution in [3.63, 3.8) is 0 Å². The third-order valence-electron chi connectivity index (χ3n) is 0.839. The van der Waals surface area contributed by atoms with Crippen LogP contribution in [0.5, 0.6) is 0 Å². The van der Waals surface area contributed by atoms with Gasteiger partial charge in [-0.1, -0.05) is 0 Å². The lowest BCUT2D eigenvalue weighted by atomic mass is 10.4. The summed E-state index contributed by atoms with van der Waals surface area (Å²) in [4.78, 5) is 20.8. The lowest BCUT2D eigenvalue weighted by molar-refractivity contribution is -0.134. The highest BCUT2D eigenvalue weighted by molar-refractivity contribution is 5.76. The smallest absolute Gasteiger partial charge is 0.220 e. The minimum Gasteiger partial charge on any atom is -0.354 e. The molecule has 0 saturated carbocycles. The first kappa shape index (κ1) is 9.90. The highest BCUT2D eigenvalue weighted by Gasteiger charge is 2.21. The second-order valence-electron chi connectivity index (χ2n) is 2.43. The van der Waals surface area contributed by atoms with E-state index in [0.717, 1.165) is 0 Å². The van der Waals surface area contributed by atoms with Crippen LogP contribution >= 0.6 is 0 Å².